The van der Waals surface area contributed by atoms with Gasteiger partial charge in [0, 0.05) is 12.6 Å². The standard InChI is InChI=1S/C11H22N2O/c1-6-9(4)13-10(5)11(14)12-7-8(2)3/h6,8-10,13H,1,7H2,2-5H3,(H,12,14). The molecular weight excluding hydrogens is 176 g/mol. The van der Waals surface area contributed by atoms with Crippen molar-refractivity contribution in [2.45, 2.75) is 39.8 Å². The highest BCUT2D eigenvalue weighted by Crippen LogP contribution is 1.91. The van der Waals surface area contributed by atoms with E-state index >= 15 is 0 Å². The molecule has 0 aromatic heterocycles. The number of rotatable bonds is 6. The molecule has 2 N–H and O–H groups in total. The monoisotopic (exact) mass is 198 g/mol. The number of amides is 1. The Balaban J connectivity index is 3.81. The second-order valence-electron chi connectivity index (χ2n) is 4.05. The van der Waals surface area contributed by atoms with Crippen molar-refractivity contribution in [3.05, 3.63) is 12.7 Å². The van der Waals surface area contributed by atoms with Crippen LogP contribution in [0.1, 0.15) is 27.7 Å². The van der Waals surface area contributed by atoms with Crippen LogP contribution in [-0.4, -0.2) is 24.5 Å². The SMILES string of the molecule is C=CC(C)NC(C)C(=O)NCC(C)C. The molecule has 0 bridgehead atoms. The van der Waals surface area contributed by atoms with Gasteiger partial charge >= 0.3 is 0 Å². The molecule has 0 saturated heterocycles. The summed E-state index contributed by atoms with van der Waals surface area (Å²) >= 11 is 0. The molecule has 0 heterocycles. The van der Waals surface area contributed by atoms with Gasteiger partial charge in [0.15, 0.2) is 0 Å². The molecule has 0 saturated carbocycles. The van der Waals surface area contributed by atoms with Crippen molar-refractivity contribution in [1.29, 1.82) is 0 Å². The molecule has 0 aliphatic carbocycles. The topological polar surface area (TPSA) is 41.1 Å². The quantitative estimate of drug-likeness (QED) is 0.632. The van der Waals surface area contributed by atoms with Gasteiger partial charge in [0.2, 0.25) is 5.91 Å². The van der Waals surface area contributed by atoms with Crippen molar-refractivity contribution in [3.8, 4) is 0 Å². The van der Waals surface area contributed by atoms with Gasteiger partial charge < -0.3 is 10.6 Å². The second kappa shape index (κ2) is 6.60. The van der Waals surface area contributed by atoms with Gasteiger partial charge in [-0.05, 0) is 19.8 Å². The van der Waals surface area contributed by atoms with Crippen LogP contribution < -0.4 is 10.6 Å². The predicted molar refractivity (Wildman–Crippen MR) is 60.1 cm³/mol. The Labute approximate surface area is 87.0 Å². The van der Waals surface area contributed by atoms with E-state index in [9.17, 15) is 4.79 Å². The van der Waals surface area contributed by atoms with Crippen LogP contribution in [0.3, 0.4) is 0 Å². The van der Waals surface area contributed by atoms with Crippen LogP contribution >= 0.6 is 0 Å². The van der Waals surface area contributed by atoms with E-state index in [2.05, 4.69) is 31.1 Å². The van der Waals surface area contributed by atoms with Crippen molar-refractivity contribution in [2.75, 3.05) is 6.54 Å². The summed E-state index contributed by atoms with van der Waals surface area (Å²) in [6, 6.07) is -0.00319. The minimum absolute atomic E-state index is 0.0485. The van der Waals surface area contributed by atoms with E-state index in [0.717, 1.165) is 6.54 Å². The van der Waals surface area contributed by atoms with Gasteiger partial charge in [-0.3, -0.25) is 4.79 Å². The Morgan fingerprint density at radius 1 is 1.36 bits per heavy atom. The maximum atomic E-state index is 11.5. The van der Waals surface area contributed by atoms with Crippen molar-refractivity contribution < 1.29 is 4.79 Å². The minimum Gasteiger partial charge on any atom is -0.354 e. The number of hydrogen-bond donors (Lipinski definition) is 2. The van der Waals surface area contributed by atoms with Crippen LogP contribution in [0.15, 0.2) is 12.7 Å². The summed E-state index contributed by atoms with van der Waals surface area (Å²) in [5, 5.41) is 6.00. The van der Waals surface area contributed by atoms with Gasteiger partial charge in [0.1, 0.15) is 0 Å². The largest absolute Gasteiger partial charge is 0.354 e. The molecule has 1 amide bonds. The minimum atomic E-state index is -0.165. The third-order valence-electron chi connectivity index (χ3n) is 1.94. The molecule has 0 aliphatic heterocycles. The molecule has 0 spiro atoms. The summed E-state index contributed by atoms with van der Waals surface area (Å²) in [5.74, 6) is 0.537. The van der Waals surface area contributed by atoms with Crippen LogP contribution in [0.2, 0.25) is 0 Å². The fourth-order valence-corrected chi connectivity index (χ4v) is 0.996. The number of nitrogens with one attached hydrogen (secondary N) is 2. The lowest BCUT2D eigenvalue weighted by molar-refractivity contribution is -0.123. The van der Waals surface area contributed by atoms with E-state index in [0.29, 0.717) is 5.92 Å². The zero-order chi connectivity index (χ0) is 11.1. The summed E-state index contributed by atoms with van der Waals surface area (Å²) in [4.78, 5) is 11.5. The molecule has 14 heavy (non-hydrogen) atoms. The highest BCUT2D eigenvalue weighted by atomic mass is 16.2. The second-order valence-corrected chi connectivity index (χ2v) is 4.05. The third kappa shape index (κ3) is 5.75. The van der Waals surface area contributed by atoms with Gasteiger partial charge in [0.25, 0.3) is 0 Å². The Morgan fingerprint density at radius 3 is 2.36 bits per heavy atom. The van der Waals surface area contributed by atoms with E-state index in [1.807, 2.05) is 13.8 Å². The molecule has 0 aliphatic rings. The van der Waals surface area contributed by atoms with E-state index in [-0.39, 0.29) is 18.0 Å². The maximum Gasteiger partial charge on any atom is 0.236 e. The van der Waals surface area contributed by atoms with Gasteiger partial charge in [0.05, 0.1) is 6.04 Å². The van der Waals surface area contributed by atoms with Gasteiger partial charge in [-0.15, -0.1) is 6.58 Å². The van der Waals surface area contributed by atoms with Crippen LogP contribution in [0.25, 0.3) is 0 Å². The number of hydrogen-bond acceptors (Lipinski definition) is 2. The smallest absolute Gasteiger partial charge is 0.236 e. The number of carbonyl (C=O) groups excluding carboxylic acids is 1. The Morgan fingerprint density at radius 2 is 1.93 bits per heavy atom. The van der Waals surface area contributed by atoms with E-state index < -0.39 is 0 Å². The first-order valence-corrected chi connectivity index (χ1v) is 5.13. The van der Waals surface area contributed by atoms with Gasteiger partial charge in [-0.25, -0.2) is 0 Å². The normalized spacial score (nSPS) is 14.9. The molecule has 0 aromatic carbocycles. The lowest BCUT2D eigenvalue weighted by atomic mass is 10.2. The zero-order valence-corrected chi connectivity index (χ0v) is 9.63. The average molecular weight is 198 g/mol. The average Bonchev–Trinajstić information content (AvgIpc) is 2.13. The fraction of sp³-hybridized carbons (Fsp3) is 0.727. The summed E-state index contributed by atoms with van der Waals surface area (Å²) < 4.78 is 0. The van der Waals surface area contributed by atoms with Crippen molar-refractivity contribution >= 4 is 5.91 Å². The van der Waals surface area contributed by atoms with Gasteiger partial charge in [-0.2, -0.15) is 0 Å². The molecule has 3 nitrogen and oxygen atoms in total. The molecule has 0 radical (unpaired) electrons. The molecular formula is C11H22N2O. The van der Waals surface area contributed by atoms with Crippen LogP contribution in [0.4, 0.5) is 0 Å². The van der Waals surface area contributed by atoms with Crippen LogP contribution in [0, 0.1) is 5.92 Å². The molecule has 0 fully saturated rings. The zero-order valence-electron chi connectivity index (χ0n) is 9.63. The summed E-state index contributed by atoms with van der Waals surface area (Å²) in [7, 11) is 0. The highest BCUT2D eigenvalue weighted by Gasteiger charge is 2.13. The summed E-state index contributed by atoms with van der Waals surface area (Å²) in [6.45, 7) is 12.4. The Hall–Kier alpha value is -0.830. The maximum absolute atomic E-state index is 11.5. The molecule has 0 aromatic rings. The van der Waals surface area contributed by atoms with Gasteiger partial charge in [-0.1, -0.05) is 19.9 Å². The van der Waals surface area contributed by atoms with Crippen molar-refractivity contribution in [3.63, 3.8) is 0 Å². The summed E-state index contributed by atoms with van der Waals surface area (Å²) in [6.07, 6.45) is 1.78. The van der Waals surface area contributed by atoms with Crippen molar-refractivity contribution in [2.24, 2.45) is 5.92 Å². The highest BCUT2D eigenvalue weighted by molar-refractivity contribution is 5.81. The van der Waals surface area contributed by atoms with E-state index in [4.69, 9.17) is 0 Å². The first kappa shape index (κ1) is 13.2. The lowest BCUT2D eigenvalue weighted by Crippen LogP contribution is -2.45. The molecule has 2 unspecified atom stereocenters. The number of carbonyl (C=O) groups is 1. The first-order chi connectivity index (χ1) is 6.47. The molecule has 0 rings (SSSR count). The summed E-state index contributed by atoms with van der Waals surface area (Å²) in [5.41, 5.74) is 0. The van der Waals surface area contributed by atoms with Crippen molar-refractivity contribution in [1.82, 2.24) is 10.6 Å². The van der Waals surface area contributed by atoms with E-state index in [1.165, 1.54) is 0 Å². The molecule has 82 valence electrons. The predicted octanol–water partition coefficient (Wildman–Crippen LogP) is 1.31. The first-order valence-electron chi connectivity index (χ1n) is 5.13. The fourth-order valence-electron chi connectivity index (χ4n) is 0.996. The third-order valence-corrected chi connectivity index (χ3v) is 1.94. The molecule has 3 heteroatoms. The lowest BCUT2D eigenvalue weighted by Gasteiger charge is -2.17. The van der Waals surface area contributed by atoms with Crippen LogP contribution in [-0.2, 0) is 4.79 Å². The van der Waals surface area contributed by atoms with E-state index in [1.54, 1.807) is 6.08 Å². The van der Waals surface area contributed by atoms with Crippen LogP contribution in [0.5, 0.6) is 0 Å². The molecule has 2 atom stereocenters. The Kier molecular flexibility index (Phi) is 6.21. The Bertz CT molecular complexity index is 190.